The van der Waals surface area contributed by atoms with Crippen LogP contribution in [0.5, 0.6) is 0 Å². The van der Waals surface area contributed by atoms with Gasteiger partial charge in [0.1, 0.15) is 67.1 Å². The molecule has 3 aliphatic rings. The van der Waals surface area contributed by atoms with Crippen molar-refractivity contribution in [2.45, 2.75) is 99.0 Å². The van der Waals surface area contributed by atoms with E-state index in [4.69, 9.17) is 28.4 Å². The van der Waals surface area contributed by atoms with Crippen molar-refractivity contribution in [3.63, 3.8) is 0 Å². The minimum atomic E-state index is -1.78. The van der Waals surface area contributed by atoms with Crippen molar-refractivity contribution in [1.82, 2.24) is 0 Å². The standard InChI is InChI=1S/C19H34O15/c1-5-15(33-18-12(26)10(24)8(22)6(3-20)31-18)16(14(28)17(29-2)30-5)34-19-13(27)11(25)9(23)7(4-21)32-19/h5-28H,3-4H2,1-2H3/t5-,6+,7+,8+,9+,10-,11-,12+,13+,14+,15-,16-,17+,18-,19-/m0/s1. The Hall–Kier alpha value is -0.600. The monoisotopic (exact) mass is 502 g/mol. The minimum absolute atomic E-state index is 0.694. The largest absolute Gasteiger partial charge is 0.394 e. The molecule has 15 nitrogen and oxygen atoms in total. The smallest absolute Gasteiger partial charge is 0.187 e. The van der Waals surface area contributed by atoms with E-state index in [1.54, 1.807) is 0 Å². The first-order valence-electron chi connectivity index (χ1n) is 10.8. The normalized spacial score (nSPS) is 52.5. The van der Waals surface area contributed by atoms with Gasteiger partial charge in [0.05, 0.1) is 19.3 Å². The van der Waals surface area contributed by atoms with Gasteiger partial charge in [-0.3, -0.25) is 0 Å². The molecule has 3 saturated heterocycles. The molecule has 0 radical (unpaired) electrons. The Morgan fingerprint density at radius 2 is 1.00 bits per heavy atom. The van der Waals surface area contributed by atoms with E-state index in [1.165, 1.54) is 14.0 Å². The van der Waals surface area contributed by atoms with Crippen LogP contribution in [0.1, 0.15) is 6.92 Å². The van der Waals surface area contributed by atoms with Crippen LogP contribution in [0.25, 0.3) is 0 Å². The highest BCUT2D eigenvalue weighted by atomic mass is 16.8. The number of aliphatic hydroxyl groups is 9. The van der Waals surface area contributed by atoms with Crippen molar-refractivity contribution in [1.29, 1.82) is 0 Å². The lowest BCUT2D eigenvalue weighted by Crippen LogP contribution is -2.66. The molecule has 200 valence electrons. The summed E-state index contributed by atoms with van der Waals surface area (Å²) in [6, 6.07) is 0. The zero-order valence-corrected chi connectivity index (χ0v) is 18.5. The molecule has 3 fully saturated rings. The summed E-state index contributed by atoms with van der Waals surface area (Å²) in [7, 11) is 1.25. The first-order valence-corrected chi connectivity index (χ1v) is 10.8. The van der Waals surface area contributed by atoms with E-state index in [0.717, 1.165) is 0 Å². The highest BCUT2D eigenvalue weighted by molar-refractivity contribution is 4.96. The Bertz CT molecular complexity index is 637. The number of aliphatic hydroxyl groups excluding tert-OH is 9. The van der Waals surface area contributed by atoms with Gasteiger partial charge in [-0.2, -0.15) is 0 Å². The van der Waals surface area contributed by atoms with E-state index in [9.17, 15) is 46.0 Å². The third kappa shape index (κ3) is 5.39. The van der Waals surface area contributed by atoms with Gasteiger partial charge in [-0.25, -0.2) is 0 Å². The Labute approximate surface area is 194 Å². The lowest BCUT2D eigenvalue weighted by atomic mass is 9.96. The van der Waals surface area contributed by atoms with E-state index in [1.807, 2.05) is 0 Å². The lowest BCUT2D eigenvalue weighted by molar-refractivity contribution is -0.382. The molecule has 9 N–H and O–H groups in total. The number of rotatable bonds is 7. The Kier molecular flexibility index (Phi) is 9.57. The summed E-state index contributed by atoms with van der Waals surface area (Å²) in [6.45, 7) is 0.111. The van der Waals surface area contributed by atoms with Crippen molar-refractivity contribution in [2.75, 3.05) is 20.3 Å². The Balaban J connectivity index is 1.83. The van der Waals surface area contributed by atoms with Crippen molar-refractivity contribution in [3.05, 3.63) is 0 Å². The van der Waals surface area contributed by atoms with Gasteiger partial charge in [-0.15, -0.1) is 0 Å². The van der Waals surface area contributed by atoms with Crippen molar-refractivity contribution < 1.29 is 74.4 Å². The molecule has 0 unspecified atom stereocenters. The van der Waals surface area contributed by atoms with Crippen molar-refractivity contribution >= 4 is 0 Å². The van der Waals surface area contributed by atoms with Gasteiger partial charge < -0.3 is 74.4 Å². The molecule has 34 heavy (non-hydrogen) atoms. The minimum Gasteiger partial charge on any atom is -0.394 e. The summed E-state index contributed by atoms with van der Waals surface area (Å²) in [5, 5.41) is 90.2. The highest BCUT2D eigenvalue weighted by Gasteiger charge is 2.53. The van der Waals surface area contributed by atoms with Gasteiger partial charge >= 0.3 is 0 Å². The fourth-order valence-corrected chi connectivity index (χ4v) is 4.20. The molecule has 0 bridgehead atoms. The molecule has 0 saturated carbocycles. The fraction of sp³-hybridized carbons (Fsp3) is 1.00. The number of hydrogen-bond donors (Lipinski definition) is 9. The summed E-state index contributed by atoms with van der Waals surface area (Å²) >= 11 is 0. The van der Waals surface area contributed by atoms with Crippen LogP contribution in [0.3, 0.4) is 0 Å². The molecule has 0 aromatic heterocycles. The predicted octanol–water partition coefficient (Wildman–Crippen LogP) is -5.89. The maximum absolute atomic E-state index is 10.8. The van der Waals surface area contributed by atoms with Crippen molar-refractivity contribution in [3.8, 4) is 0 Å². The molecular weight excluding hydrogens is 468 g/mol. The van der Waals surface area contributed by atoms with Crippen LogP contribution in [0, 0.1) is 0 Å². The van der Waals surface area contributed by atoms with E-state index < -0.39 is 105 Å². The lowest BCUT2D eigenvalue weighted by Gasteiger charge is -2.48. The van der Waals surface area contributed by atoms with Gasteiger partial charge in [0.15, 0.2) is 18.9 Å². The molecule has 3 aliphatic heterocycles. The highest BCUT2D eigenvalue weighted by Crippen LogP contribution is 2.33. The fourth-order valence-electron chi connectivity index (χ4n) is 4.20. The third-order valence-corrected chi connectivity index (χ3v) is 6.26. The topological polar surface area (TPSA) is 237 Å². The average molecular weight is 502 g/mol. The van der Waals surface area contributed by atoms with Gasteiger partial charge in [0, 0.05) is 7.11 Å². The van der Waals surface area contributed by atoms with Crippen LogP contribution in [0.15, 0.2) is 0 Å². The molecule has 0 aromatic rings. The van der Waals surface area contributed by atoms with Gasteiger partial charge in [0.2, 0.25) is 0 Å². The first-order chi connectivity index (χ1) is 16.0. The molecule has 0 spiro atoms. The second kappa shape index (κ2) is 11.6. The molecular formula is C19H34O15. The summed E-state index contributed by atoms with van der Waals surface area (Å²) in [5.74, 6) is 0. The second-order valence-electron chi connectivity index (χ2n) is 8.53. The van der Waals surface area contributed by atoms with Gasteiger partial charge in [0.25, 0.3) is 0 Å². The van der Waals surface area contributed by atoms with E-state index in [2.05, 4.69) is 0 Å². The molecule has 0 amide bonds. The number of ether oxygens (including phenoxy) is 6. The van der Waals surface area contributed by atoms with Crippen LogP contribution in [0.4, 0.5) is 0 Å². The summed E-state index contributed by atoms with van der Waals surface area (Å²) in [4.78, 5) is 0. The third-order valence-electron chi connectivity index (χ3n) is 6.26. The van der Waals surface area contributed by atoms with Crippen LogP contribution in [-0.2, 0) is 28.4 Å². The quantitative estimate of drug-likeness (QED) is 0.157. The molecule has 15 heteroatoms. The maximum Gasteiger partial charge on any atom is 0.187 e. The summed E-state index contributed by atoms with van der Waals surface area (Å²) < 4.78 is 32.8. The number of methoxy groups -OCH3 is 1. The maximum atomic E-state index is 10.8. The van der Waals surface area contributed by atoms with Gasteiger partial charge in [-0.05, 0) is 6.92 Å². The molecule has 3 heterocycles. The van der Waals surface area contributed by atoms with Crippen LogP contribution in [0.2, 0.25) is 0 Å². The Morgan fingerprint density at radius 3 is 1.41 bits per heavy atom. The molecule has 3 rings (SSSR count). The number of hydrogen-bond acceptors (Lipinski definition) is 15. The van der Waals surface area contributed by atoms with Crippen LogP contribution < -0.4 is 0 Å². The predicted molar refractivity (Wildman–Crippen MR) is 105 cm³/mol. The van der Waals surface area contributed by atoms with Crippen LogP contribution in [-0.4, -0.2) is 158 Å². The van der Waals surface area contributed by atoms with E-state index in [0.29, 0.717) is 0 Å². The first kappa shape index (κ1) is 28.0. The molecule has 0 aliphatic carbocycles. The molecule has 0 aromatic carbocycles. The van der Waals surface area contributed by atoms with Crippen LogP contribution >= 0.6 is 0 Å². The molecule has 15 atom stereocenters. The summed E-state index contributed by atoms with van der Waals surface area (Å²) in [5.41, 5.74) is 0. The van der Waals surface area contributed by atoms with E-state index >= 15 is 0 Å². The van der Waals surface area contributed by atoms with Crippen molar-refractivity contribution in [2.24, 2.45) is 0 Å². The van der Waals surface area contributed by atoms with Gasteiger partial charge in [-0.1, -0.05) is 0 Å². The SMILES string of the molecule is CO[C@@H]1O[C@@H](C)[C@H](O[C@@H]2O[C@H](CO)[C@@H](O)[C@H](O)[C@H]2O)[C@@H](O[C@@H]2O[C@H](CO)[C@@H](O)[C@H](O)[C@H]2O)[C@H]1O. The average Bonchev–Trinajstić information content (AvgIpc) is 2.83. The van der Waals surface area contributed by atoms with E-state index in [-0.39, 0.29) is 0 Å². The summed E-state index contributed by atoms with van der Waals surface area (Å²) in [6.07, 6.45) is -22.4. The second-order valence-corrected chi connectivity index (χ2v) is 8.53. The Morgan fingerprint density at radius 1 is 0.559 bits per heavy atom. The zero-order valence-electron chi connectivity index (χ0n) is 18.5. The zero-order chi connectivity index (χ0) is 25.3.